The minimum Gasteiger partial charge on any atom is -0.304 e. The maximum absolute atomic E-state index is 13.6. The van der Waals surface area contributed by atoms with E-state index in [1.165, 1.54) is 23.9 Å². The van der Waals surface area contributed by atoms with E-state index in [4.69, 9.17) is 16.6 Å². The van der Waals surface area contributed by atoms with Gasteiger partial charge in [0.1, 0.15) is 12.0 Å². The first kappa shape index (κ1) is 37.9. The molecule has 3 aromatic heterocycles. The molecular weight excluding hydrogens is 684 g/mol. The highest BCUT2D eigenvalue weighted by Crippen LogP contribution is 2.27. The van der Waals surface area contributed by atoms with Crippen LogP contribution in [0.25, 0.3) is 11.1 Å². The molecule has 1 unspecified atom stereocenters. The standard InChI is InChI=1S/C36H39ClFN7O2S.ClH/c1-4-43(5-2)16-17-44(23-33-15-10-29(20-39-33)28-8-11-31(37)12-9-28)34(24-46)45-22-30(18-27-19-40-42(3)21-27)35(47)41-36(45)48-25-26-6-13-32(38)14-7-26;/h6-15,19-22,24,34H,4-5,16-18,23,25H2,1-3H3;1H. The van der Waals surface area contributed by atoms with Crippen LogP contribution in [0.2, 0.25) is 5.02 Å². The minimum absolute atomic E-state index is 0. The molecule has 0 aliphatic heterocycles. The summed E-state index contributed by atoms with van der Waals surface area (Å²) < 4.78 is 17.1. The van der Waals surface area contributed by atoms with Crippen molar-refractivity contribution in [1.29, 1.82) is 0 Å². The summed E-state index contributed by atoms with van der Waals surface area (Å²) in [6.45, 7) is 7.66. The fraction of sp³-hybridized carbons (Fsp3) is 0.306. The predicted molar refractivity (Wildman–Crippen MR) is 196 cm³/mol. The zero-order valence-electron chi connectivity index (χ0n) is 27.7. The van der Waals surface area contributed by atoms with Gasteiger partial charge in [0.2, 0.25) is 0 Å². The van der Waals surface area contributed by atoms with Crippen LogP contribution in [0.5, 0.6) is 0 Å². The van der Waals surface area contributed by atoms with E-state index in [0.717, 1.165) is 53.9 Å². The number of carbonyl (C=O) groups excluding carboxylic acids is 1. The normalized spacial score (nSPS) is 11.9. The van der Waals surface area contributed by atoms with Crippen molar-refractivity contribution in [3.8, 4) is 11.1 Å². The molecule has 0 aliphatic rings. The Morgan fingerprint density at radius 2 is 1.65 bits per heavy atom. The third kappa shape index (κ3) is 10.3. The average molecular weight is 725 g/mol. The Morgan fingerprint density at radius 3 is 2.27 bits per heavy atom. The molecule has 0 saturated carbocycles. The molecular formula is C36H40Cl2FN7O2S. The number of pyridine rings is 1. The second-order valence-corrected chi connectivity index (χ2v) is 12.8. The van der Waals surface area contributed by atoms with Crippen LogP contribution in [-0.4, -0.2) is 66.6 Å². The number of hydrogen-bond acceptors (Lipinski definition) is 8. The summed E-state index contributed by atoms with van der Waals surface area (Å²) in [6.07, 6.45) is 7.58. The Kier molecular flexibility index (Phi) is 14.1. The van der Waals surface area contributed by atoms with Crippen LogP contribution in [0.1, 0.15) is 42.4 Å². The average Bonchev–Trinajstić information content (AvgIpc) is 3.51. The maximum Gasteiger partial charge on any atom is 0.277 e. The number of benzene rings is 2. The fourth-order valence-electron chi connectivity index (χ4n) is 5.41. The van der Waals surface area contributed by atoms with Gasteiger partial charge < -0.3 is 9.47 Å². The van der Waals surface area contributed by atoms with Gasteiger partial charge in [-0.25, -0.2) is 4.39 Å². The van der Waals surface area contributed by atoms with E-state index in [1.54, 1.807) is 33.8 Å². The summed E-state index contributed by atoms with van der Waals surface area (Å²) in [5.74, 6) is 0.117. The molecule has 1 atom stereocenters. The van der Waals surface area contributed by atoms with Crippen molar-refractivity contribution in [2.45, 2.75) is 43.9 Å². The Morgan fingerprint density at radius 1 is 0.939 bits per heavy atom. The summed E-state index contributed by atoms with van der Waals surface area (Å²) in [6, 6.07) is 17.8. The Balaban J connectivity index is 0.00000541. The largest absolute Gasteiger partial charge is 0.304 e. The lowest BCUT2D eigenvalue weighted by Gasteiger charge is -2.32. The van der Waals surface area contributed by atoms with Crippen LogP contribution >= 0.6 is 35.8 Å². The van der Waals surface area contributed by atoms with Crippen LogP contribution in [0.4, 0.5) is 4.39 Å². The van der Waals surface area contributed by atoms with Gasteiger partial charge >= 0.3 is 0 Å². The molecule has 2 aromatic carbocycles. The SMILES string of the molecule is CCN(CC)CCN(Cc1ccc(-c2ccc(Cl)cc2)cn1)C(C=O)n1cc(Cc2cnn(C)c2)c(=O)nc1SCc1ccc(F)cc1.Cl. The van der Waals surface area contributed by atoms with Crippen molar-refractivity contribution < 1.29 is 9.18 Å². The third-order valence-electron chi connectivity index (χ3n) is 8.17. The highest BCUT2D eigenvalue weighted by atomic mass is 35.5. The molecule has 0 radical (unpaired) electrons. The van der Waals surface area contributed by atoms with Crippen LogP contribution < -0.4 is 5.56 Å². The summed E-state index contributed by atoms with van der Waals surface area (Å²) in [5, 5.41) is 5.31. The second-order valence-electron chi connectivity index (χ2n) is 11.5. The molecule has 0 N–H and O–H groups in total. The predicted octanol–water partition coefficient (Wildman–Crippen LogP) is 6.68. The minimum atomic E-state index is -0.783. The van der Waals surface area contributed by atoms with Gasteiger partial charge in [-0.05, 0) is 60.1 Å². The van der Waals surface area contributed by atoms with Gasteiger partial charge in [0.15, 0.2) is 11.4 Å². The van der Waals surface area contributed by atoms with Gasteiger partial charge in [0.05, 0.1) is 11.9 Å². The molecule has 0 saturated heterocycles. The number of rotatable bonds is 16. The van der Waals surface area contributed by atoms with E-state index in [0.29, 0.717) is 41.0 Å². The number of thioether (sulfide) groups is 1. The summed E-state index contributed by atoms with van der Waals surface area (Å²) in [4.78, 5) is 40.1. The molecule has 5 aromatic rings. The lowest BCUT2D eigenvalue weighted by atomic mass is 10.1. The summed E-state index contributed by atoms with van der Waals surface area (Å²) in [5.41, 5.74) is 4.58. The molecule has 3 heterocycles. The van der Waals surface area contributed by atoms with Crippen LogP contribution in [0.3, 0.4) is 0 Å². The van der Waals surface area contributed by atoms with Crippen LogP contribution in [0.15, 0.2) is 95.4 Å². The van der Waals surface area contributed by atoms with E-state index in [2.05, 4.69) is 33.7 Å². The van der Waals surface area contributed by atoms with Gasteiger partial charge in [-0.15, -0.1) is 12.4 Å². The Hall–Kier alpha value is -3.87. The molecule has 0 bridgehead atoms. The zero-order chi connectivity index (χ0) is 34.0. The molecule has 258 valence electrons. The van der Waals surface area contributed by atoms with Crippen molar-refractivity contribution in [3.63, 3.8) is 0 Å². The highest BCUT2D eigenvalue weighted by molar-refractivity contribution is 7.98. The van der Waals surface area contributed by atoms with Crippen molar-refractivity contribution in [1.82, 2.24) is 34.1 Å². The quantitative estimate of drug-likeness (QED) is 0.0634. The van der Waals surface area contributed by atoms with Gasteiger partial charge in [0, 0.05) is 73.6 Å². The Bertz CT molecular complexity index is 1850. The zero-order valence-corrected chi connectivity index (χ0v) is 30.1. The summed E-state index contributed by atoms with van der Waals surface area (Å²) >= 11 is 7.41. The lowest BCUT2D eigenvalue weighted by molar-refractivity contribution is -0.116. The third-order valence-corrected chi connectivity index (χ3v) is 9.46. The molecule has 0 fully saturated rings. The first-order valence-electron chi connectivity index (χ1n) is 15.9. The number of aldehydes is 1. The number of aromatic nitrogens is 5. The van der Waals surface area contributed by atoms with Crippen molar-refractivity contribution in [2.75, 3.05) is 26.2 Å². The number of nitrogens with zero attached hydrogens (tertiary/aromatic N) is 7. The van der Waals surface area contributed by atoms with Gasteiger partial charge in [-0.2, -0.15) is 10.1 Å². The molecule has 49 heavy (non-hydrogen) atoms. The second kappa shape index (κ2) is 18.2. The molecule has 5 rings (SSSR count). The molecule has 0 aliphatic carbocycles. The topological polar surface area (TPSA) is 89.1 Å². The first-order chi connectivity index (χ1) is 23.3. The number of carbonyl (C=O) groups is 1. The molecule has 0 spiro atoms. The maximum atomic E-state index is 13.6. The molecule has 13 heteroatoms. The van der Waals surface area contributed by atoms with Gasteiger partial charge in [-0.3, -0.25) is 24.2 Å². The fourth-order valence-corrected chi connectivity index (χ4v) is 6.48. The first-order valence-corrected chi connectivity index (χ1v) is 17.2. The number of likely N-dealkylation sites (N-methyl/N-ethyl adjacent to an activating group) is 1. The van der Waals surface area contributed by atoms with Crippen molar-refractivity contribution >= 4 is 42.1 Å². The van der Waals surface area contributed by atoms with E-state index in [-0.39, 0.29) is 23.8 Å². The van der Waals surface area contributed by atoms with Crippen LogP contribution in [0, 0.1) is 5.82 Å². The van der Waals surface area contributed by atoms with E-state index in [1.807, 2.05) is 55.8 Å². The number of halogens is 3. The van der Waals surface area contributed by atoms with Gasteiger partial charge in [-0.1, -0.05) is 67.5 Å². The Labute approximate surface area is 301 Å². The number of aryl methyl sites for hydroxylation is 1. The van der Waals surface area contributed by atoms with E-state index >= 15 is 0 Å². The van der Waals surface area contributed by atoms with E-state index < -0.39 is 6.17 Å². The lowest BCUT2D eigenvalue weighted by Crippen LogP contribution is -2.41. The van der Waals surface area contributed by atoms with Crippen molar-refractivity contribution in [2.24, 2.45) is 7.05 Å². The monoisotopic (exact) mass is 723 g/mol. The van der Waals surface area contributed by atoms with E-state index in [9.17, 15) is 14.0 Å². The van der Waals surface area contributed by atoms with Crippen molar-refractivity contribution in [3.05, 3.63) is 129 Å². The van der Waals surface area contributed by atoms with Gasteiger partial charge in [0.25, 0.3) is 5.56 Å². The summed E-state index contributed by atoms with van der Waals surface area (Å²) in [7, 11) is 1.82. The number of hydrogen-bond donors (Lipinski definition) is 0. The molecule has 0 amide bonds. The van der Waals surface area contributed by atoms with Crippen LogP contribution in [-0.2, 0) is 30.6 Å². The smallest absolute Gasteiger partial charge is 0.277 e. The molecule has 9 nitrogen and oxygen atoms in total. The highest BCUT2D eigenvalue weighted by Gasteiger charge is 2.25.